The molecule has 1 aromatic carbocycles. The highest BCUT2D eigenvalue weighted by Gasteiger charge is 2.19. The number of pyridine rings is 2. The summed E-state index contributed by atoms with van der Waals surface area (Å²) in [5.41, 5.74) is 2.71. The molecule has 0 saturated heterocycles. The highest BCUT2D eigenvalue weighted by molar-refractivity contribution is 5.78. The molecule has 0 fully saturated rings. The van der Waals surface area contributed by atoms with Gasteiger partial charge in [-0.05, 0) is 31.3 Å². The number of nitrogens with zero attached hydrogens (tertiary/aromatic N) is 2. The van der Waals surface area contributed by atoms with Gasteiger partial charge < -0.3 is 9.72 Å². The van der Waals surface area contributed by atoms with Crippen molar-refractivity contribution < 1.29 is 4.74 Å². The van der Waals surface area contributed by atoms with Crippen LogP contribution in [0.25, 0.3) is 10.9 Å². The third-order valence-electron chi connectivity index (χ3n) is 4.10. The molecule has 24 heavy (non-hydrogen) atoms. The molecule has 0 saturated carbocycles. The number of ether oxygens (including phenoxy) is 1. The summed E-state index contributed by atoms with van der Waals surface area (Å²) in [7, 11) is 3.69. The number of methoxy groups -OCH3 is 1. The zero-order chi connectivity index (χ0) is 16.9. The molecule has 2 heterocycles. The van der Waals surface area contributed by atoms with Gasteiger partial charge in [0.1, 0.15) is 0 Å². The summed E-state index contributed by atoms with van der Waals surface area (Å²) in [6, 6.07) is 15.1. The standard InChI is InChI=1S/C19H21N3O2/c1-22(18(13-24-2)17-9-5-6-10-20-17)12-14-11-19(23)15-7-3-4-8-16(15)21-14/h3-11,18H,12-13H2,1-2H3,(H,21,23)/t18-/m0/s1. The van der Waals surface area contributed by atoms with Gasteiger partial charge in [0.25, 0.3) is 0 Å². The molecular formula is C19H21N3O2. The molecular weight excluding hydrogens is 302 g/mol. The van der Waals surface area contributed by atoms with Crippen molar-refractivity contribution in [2.45, 2.75) is 12.6 Å². The van der Waals surface area contributed by atoms with Gasteiger partial charge in [-0.15, -0.1) is 0 Å². The summed E-state index contributed by atoms with van der Waals surface area (Å²) in [5.74, 6) is 0. The topological polar surface area (TPSA) is 58.2 Å². The van der Waals surface area contributed by atoms with Crippen LogP contribution in [-0.4, -0.2) is 35.6 Å². The Balaban J connectivity index is 1.87. The second-order valence-corrected chi connectivity index (χ2v) is 5.85. The quantitative estimate of drug-likeness (QED) is 0.758. The largest absolute Gasteiger partial charge is 0.383 e. The van der Waals surface area contributed by atoms with E-state index in [-0.39, 0.29) is 11.5 Å². The molecule has 0 aliphatic rings. The molecule has 0 unspecified atom stereocenters. The van der Waals surface area contributed by atoms with Crippen LogP contribution in [0.5, 0.6) is 0 Å². The number of likely N-dealkylation sites (N-methyl/N-ethyl adjacent to an activating group) is 1. The number of H-pyrrole nitrogens is 1. The first-order chi connectivity index (χ1) is 11.7. The predicted molar refractivity (Wildman–Crippen MR) is 94.9 cm³/mol. The number of aromatic nitrogens is 2. The lowest BCUT2D eigenvalue weighted by molar-refractivity contribution is 0.0993. The Hall–Kier alpha value is -2.50. The second-order valence-electron chi connectivity index (χ2n) is 5.85. The maximum Gasteiger partial charge on any atom is 0.189 e. The van der Waals surface area contributed by atoms with E-state index in [0.29, 0.717) is 18.5 Å². The van der Waals surface area contributed by atoms with Crippen LogP contribution in [0.2, 0.25) is 0 Å². The van der Waals surface area contributed by atoms with Crippen molar-refractivity contribution >= 4 is 10.9 Å². The van der Waals surface area contributed by atoms with Crippen molar-refractivity contribution in [3.8, 4) is 0 Å². The van der Waals surface area contributed by atoms with E-state index in [1.165, 1.54) is 0 Å². The Kier molecular flexibility index (Phi) is 5.03. The summed E-state index contributed by atoms with van der Waals surface area (Å²) in [4.78, 5) is 22.2. The zero-order valence-corrected chi connectivity index (χ0v) is 13.9. The minimum absolute atomic E-state index is 0.0196. The van der Waals surface area contributed by atoms with Crippen molar-refractivity contribution in [1.29, 1.82) is 0 Å². The molecule has 3 rings (SSSR count). The first-order valence-corrected chi connectivity index (χ1v) is 7.90. The van der Waals surface area contributed by atoms with Crippen LogP contribution in [0.1, 0.15) is 17.4 Å². The van der Waals surface area contributed by atoms with E-state index in [0.717, 1.165) is 16.9 Å². The molecule has 0 bridgehead atoms. The molecule has 5 heteroatoms. The Bertz CT molecular complexity index is 861. The van der Waals surface area contributed by atoms with Gasteiger partial charge in [0.2, 0.25) is 0 Å². The molecule has 1 N–H and O–H groups in total. The summed E-state index contributed by atoms with van der Waals surface area (Å²) in [6.45, 7) is 1.13. The van der Waals surface area contributed by atoms with E-state index in [2.05, 4.69) is 14.9 Å². The Morgan fingerprint density at radius 3 is 2.75 bits per heavy atom. The van der Waals surface area contributed by atoms with Crippen LogP contribution < -0.4 is 5.43 Å². The summed E-state index contributed by atoms with van der Waals surface area (Å²) >= 11 is 0. The van der Waals surface area contributed by atoms with Gasteiger partial charge in [-0.1, -0.05) is 18.2 Å². The highest BCUT2D eigenvalue weighted by atomic mass is 16.5. The summed E-state index contributed by atoms with van der Waals surface area (Å²) in [6.07, 6.45) is 1.78. The molecule has 2 aromatic heterocycles. The molecule has 0 radical (unpaired) electrons. The van der Waals surface area contributed by atoms with Crippen molar-refractivity contribution in [2.24, 2.45) is 0 Å². The summed E-state index contributed by atoms with van der Waals surface area (Å²) in [5, 5.41) is 0.710. The molecule has 1 atom stereocenters. The first kappa shape index (κ1) is 16.4. The molecule has 0 aliphatic carbocycles. The summed E-state index contributed by atoms with van der Waals surface area (Å²) < 4.78 is 5.36. The van der Waals surface area contributed by atoms with Crippen molar-refractivity contribution in [3.05, 3.63) is 76.3 Å². The van der Waals surface area contributed by atoms with Gasteiger partial charge in [0, 0.05) is 42.5 Å². The van der Waals surface area contributed by atoms with Crippen LogP contribution in [0, 0.1) is 0 Å². The lowest BCUT2D eigenvalue weighted by atomic mass is 10.1. The first-order valence-electron chi connectivity index (χ1n) is 7.90. The fraction of sp³-hybridized carbons (Fsp3) is 0.263. The fourth-order valence-corrected chi connectivity index (χ4v) is 2.89. The van der Waals surface area contributed by atoms with Gasteiger partial charge >= 0.3 is 0 Å². The number of benzene rings is 1. The number of para-hydroxylation sites is 1. The number of nitrogens with one attached hydrogen (secondary N) is 1. The monoisotopic (exact) mass is 323 g/mol. The lowest BCUT2D eigenvalue weighted by Gasteiger charge is -2.27. The van der Waals surface area contributed by atoms with Crippen molar-refractivity contribution in [3.63, 3.8) is 0 Å². The van der Waals surface area contributed by atoms with Crippen LogP contribution in [0.3, 0.4) is 0 Å². The third-order valence-corrected chi connectivity index (χ3v) is 4.10. The highest BCUT2D eigenvalue weighted by Crippen LogP contribution is 2.19. The van der Waals surface area contributed by atoms with E-state index in [4.69, 9.17) is 4.74 Å². The lowest BCUT2D eigenvalue weighted by Crippen LogP contribution is -2.29. The van der Waals surface area contributed by atoms with Crippen LogP contribution in [-0.2, 0) is 11.3 Å². The maximum atomic E-state index is 12.3. The van der Waals surface area contributed by atoms with E-state index < -0.39 is 0 Å². The van der Waals surface area contributed by atoms with E-state index in [9.17, 15) is 4.79 Å². The van der Waals surface area contributed by atoms with Gasteiger partial charge in [-0.25, -0.2) is 0 Å². The number of hydrogen-bond donors (Lipinski definition) is 1. The molecule has 124 valence electrons. The zero-order valence-electron chi connectivity index (χ0n) is 13.9. The smallest absolute Gasteiger partial charge is 0.189 e. The average molecular weight is 323 g/mol. The van der Waals surface area contributed by atoms with Crippen molar-refractivity contribution in [2.75, 3.05) is 20.8 Å². The Labute approximate surface area is 140 Å². The SMILES string of the molecule is COC[C@@H](c1ccccn1)N(C)Cc1cc(=O)c2ccccc2[nH]1. The Morgan fingerprint density at radius 2 is 2.00 bits per heavy atom. The normalized spacial score (nSPS) is 12.6. The molecule has 0 amide bonds. The van der Waals surface area contributed by atoms with Gasteiger partial charge in [0.15, 0.2) is 5.43 Å². The van der Waals surface area contributed by atoms with Gasteiger partial charge in [-0.2, -0.15) is 0 Å². The Morgan fingerprint density at radius 1 is 1.21 bits per heavy atom. The predicted octanol–water partition coefficient (Wildman–Crippen LogP) is 2.74. The fourth-order valence-electron chi connectivity index (χ4n) is 2.89. The number of fused-ring (bicyclic) bond motifs is 1. The number of hydrogen-bond acceptors (Lipinski definition) is 4. The number of aromatic amines is 1. The minimum atomic E-state index is 0.0196. The van der Waals surface area contributed by atoms with Crippen LogP contribution >= 0.6 is 0 Å². The maximum absolute atomic E-state index is 12.3. The third kappa shape index (κ3) is 3.53. The molecule has 5 nitrogen and oxygen atoms in total. The average Bonchev–Trinajstić information content (AvgIpc) is 2.60. The molecule has 0 spiro atoms. The van der Waals surface area contributed by atoms with E-state index in [1.807, 2.05) is 49.5 Å². The van der Waals surface area contributed by atoms with E-state index in [1.54, 1.807) is 19.4 Å². The second kappa shape index (κ2) is 7.38. The minimum Gasteiger partial charge on any atom is -0.383 e. The van der Waals surface area contributed by atoms with Gasteiger partial charge in [-0.3, -0.25) is 14.7 Å². The van der Waals surface area contributed by atoms with Crippen LogP contribution in [0.15, 0.2) is 59.5 Å². The van der Waals surface area contributed by atoms with Crippen molar-refractivity contribution in [1.82, 2.24) is 14.9 Å². The van der Waals surface area contributed by atoms with E-state index >= 15 is 0 Å². The van der Waals surface area contributed by atoms with Gasteiger partial charge in [0.05, 0.1) is 18.3 Å². The van der Waals surface area contributed by atoms with Crippen LogP contribution in [0.4, 0.5) is 0 Å². The molecule has 3 aromatic rings. The number of rotatable bonds is 6. The molecule has 0 aliphatic heterocycles.